The molecule has 1 aliphatic rings. The minimum absolute atomic E-state index is 0.0280. The van der Waals surface area contributed by atoms with Gasteiger partial charge in [-0.05, 0) is 78.1 Å². The van der Waals surface area contributed by atoms with E-state index in [1.165, 1.54) is 6.42 Å². The van der Waals surface area contributed by atoms with E-state index >= 15 is 0 Å². The first-order chi connectivity index (χ1) is 11.7. The standard InChI is InChI=1S/C20H33N3O2/c1-14(2)23-10-6-7-18(23)17-12-16(11-15(3)21-17)8-9-19(25)22-20(4,5)13-24/h11-12,14,18,24H,6-10,13H2,1-5H3,(H,22,25)/t18-/m0/s1. The maximum Gasteiger partial charge on any atom is 0.220 e. The average molecular weight is 348 g/mol. The zero-order chi connectivity index (χ0) is 18.6. The van der Waals surface area contributed by atoms with Crippen molar-refractivity contribution in [1.82, 2.24) is 15.2 Å². The second kappa shape index (κ2) is 8.28. The molecule has 140 valence electrons. The largest absolute Gasteiger partial charge is 0.394 e. The van der Waals surface area contributed by atoms with Gasteiger partial charge in [-0.15, -0.1) is 0 Å². The van der Waals surface area contributed by atoms with E-state index in [0.717, 1.165) is 29.9 Å². The number of nitrogens with one attached hydrogen (secondary N) is 1. The summed E-state index contributed by atoms with van der Waals surface area (Å²) in [4.78, 5) is 19.4. The third-order valence-electron chi connectivity index (χ3n) is 4.85. The van der Waals surface area contributed by atoms with Crippen LogP contribution in [0, 0.1) is 6.92 Å². The van der Waals surface area contributed by atoms with Gasteiger partial charge >= 0.3 is 0 Å². The highest BCUT2D eigenvalue weighted by atomic mass is 16.3. The van der Waals surface area contributed by atoms with E-state index in [2.05, 4.69) is 36.2 Å². The Kier molecular flexibility index (Phi) is 6.58. The molecule has 1 saturated heterocycles. The number of likely N-dealkylation sites (tertiary alicyclic amines) is 1. The van der Waals surface area contributed by atoms with Gasteiger partial charge in [0, 0.05) is 18.2 Å². The van der Waals surface area contributed by atoms with E-state index in [9.17, 15) is 9.90 Å². The molecule has 1 aromatic rings. The fourth-order valence-electron chi connectivity index (χ4n) is 3.55. The van der Waals surface area contributed by atoms with Crippen LogP contribution < -0.4 is 5.32 Å². The molecule has 5 nitrogen and oxygen atoms in total. The number of hydrogen-bond donors (Lipinski definition) is 2. The molecule has 1 fully saturated rings. The summed E-state index contributed by atoms with van der Waals surface area (Å²) in [5, 5.41) is 12.1. The predicted molar refractivity (Wildman–Crippen MR) is 100 cm³/mol. The van der Waals surface area contributed by atoms with Crippen molar-refractivity contribution in [2.24, 2.45) is 0 Å². The highest BCUT2D eigenvalue weighted by Gasteiger charge is 2.29. The lowest BCUT2D eigenvalue weighted by atomic mass is 10.0. The van der Waals surface area contributed by atoms with Gasteiger partial charge in [-0.25, -0.2) is 0 Å². The molecule has 1 aromatic heterocycles. The quantitative estimate of drug-likeness (QED) is 0.796. The monoisotopic (exact) mass is 347 g/mol. The number of rotatable bonds is 7. The van der Waals surface area contributed by atoms with Crippen LogP contribution in [-0.4, -0.2) is 45.6 Å². The van der Waals surface area contributed by atoms with Gasteiger partial charge in [-0.2, -0.15) is 0 Å². The van der Waals surface area contributed by atoms with Crippen molar-refractivity contribution in [3.63, 3.8) is 0 Å². The molecular formula is C20H33N3O2. The normalized spacial score (nSPS) is 18.8. The molecule has 0 aromatic carbocycles. The van der Waals surface area contributed by atoms with Crippen LogP contribution in [-0.2, 0) is 11.2 Å². The zero-order valence-electron chi connectivity index (χ0n) is 16.3. The molecule has 0 unspecified atom stereocenters. The van der Waals surface area contributed by atoms with Crippen molar-refractivity contribution in [2.45, 2.75) is 77.9 Å². The number of nitrogens with zero attached hydrogens (tertiary/aromatic N) is 2. The van der Waals surface area contributed by atoms with E-state index in [0.29, 0.717) is 24.9 Å². The van der Waals surface area contributed by atoms with E-state index in [1.54, 1.807) is 0 Å². The number of aliphatic hydroxyl groups is 1. The Morgan fingerprint density at radius 1 is 1.44 bits per heavy atom. The van der Waals surface area contributed by atoms with Crippen molar-refractivity contribution in [3.05, 3.63) is 29.1 Å². The minimum Gasteiger partial charge on any atom is -0.394 e. The van der Waals surface area contributed by atoms with E-state index in [-0.39, 0.29) is 12.5 Å². The second-order valence-electron chi connectivity index (χ2n) is 8.12. The molecule has 5 heteroatoms. The molecule has 2 heterocycles. The number of hydrogen-bond acceptors (Lipinski definition) is 4. The maximum atomic E-state index is 12.1. The van der Waals surface area contributed by atoms with Crippen LogP contribution in [0.25, 0.3) is 0 Å². The number of carbonyl (C=O) groups excluding carboxylic acids is 1. The van der Waals surface area contributed by atoms with Crippen LogP contribution in [0.3, 0.4) is 0 Å². The summed E-state index contributed by atoms with van der Waals surface area (Å²) in [6, 6.07) is 5.15. The van der Waals surface area contributed by atoms with Crippen molar-refractivity contribution in [3.8, 4) is 0 Å². The summed E-state index contributed by atoms with van der Waals surface area (Å²) in [7, 11) is 0. The van der Waals surface area contributed by atoms with Crippen LogP contribution >= 0.6 is 0 Å². The van der Waals surface area contributed by atoms with Gasteiger partial charge in [-0.3, -0.25) is 14.7 Å². The van der Waals surface area contributed by atoms with E-state index < -0.39 is 5.54 Å². The summed E-state index contributed by atoms with van der Waals surface area (Å²) in [6.07, 6.45) is 3.48. The Labute approximate surface area is 151 Å². The van der Waals surface area contributed by atoms with Crippen molar-refractivity contribution in [1.29, 1.82) is 0 Å². The lowest BCUT2D eigenvalue weighted by Gasteiger charge is -2.28. The fourth-order valence-corrected chi connectivity index (χ4v) is 3.55. The van der Waals surface area contributed by atoms with Gasteiger partial charge in [0.1, 0.15) is 0 Å². The molecule has 2 N–H and O–H groups in total. The van der Waals surface area contributed by atoms with Crippen molar-refractivity contribution in [2.75, 3.05) is 13.2 Å². The van der Waals surface area contributed by atoms with E-state index in [1.807, 2.05) is 20.8 Å². The fraction of sp³-hybridized carbons (Fsp3) is 0.700. The summed E-state index contributed by atoms with van der Waals surface area (Å²) in [6.45, 7) is 11.2. The second-order valence-corrected chi connectivity index (χ2v) is 8.12. The van der Waals surface area contributed by atoms with Gasteiger partial charge in [0.05, 0.1) is 23.9 Å². The summed E-state index contributed by atoms with van der Waals surface area (Å²) in [5.41, 5.74) is 2.74. The first kappa shape index (κ1) is 19.9. The molecule has 1 amide bonds. The number of amides is 1. The van der Waals surface area contributed by atoms with Crippen molar-refractivity contribution >= 4 is 5.91 Å². The van der Waals surface area contributed by atoms with Crippen LogP contribution in [0.2, 0.25) is 0 Å². The van der Waals surface area contributed by atoms with E-state index in [4.69, 9.17) is 4.98 Å². The highest BCUT2D eigenvalue weighted by Crippen LogP contribution is 2.33. The van der Waals surface area contributed by atoms with Gasteiger partial charge < -0.3 is 10.4 Å². The number of aliphatic hydroxyl groups excluding tert-OH is 1. The smallest absolute Gasteiger partial charge is 0.220 e. The molecule has 0 radical (unpaired) electrons. The third kappa shape index (κ3) is 5.51. The molecule has 1 aliphatic heterocycles. The molecule has 2 rings (SSSR count). The highest BCUT2D eigenvalue weighted by molar-refractivity contribution is 5.77. The minimum atomic E-state index is -0.571. The molecular weight excluding hydrogens is 314 g/mol. The average Bonchev–Trinajstić information content (AvgIpc) is 3.02. The maximum absolute atomic E-state index is 12.1. The molecule has 0 spiro atoms. The van der Waals surface area contributed by atoms with Gasteiger partial charge in [-0.1, -0.05) is 0 Å². The predicted octanol–water partition coefficient (Wildman–Crippen LogP) is 2.76. The summed E-state index contributed by atoms with van der Waals surface area (Å²) in [5.74, 6) is -0.0280. The van der Waals surface area contributed by atoms with Gasteiger partial charge in [0.2, 0.25) is 5.91 Å². The first-order valence-corrected chi connectivity index (χ1v) is 9.37. The number of aromatic nitrogens is 1. The Bertz CT molecular complexity index is 599. The summed E-state index contributed by atoms with van der Waals surface area (Å²) < 4.78 is 0. The molecule has 0 aliphatic carbocycles. The van der Waals surface area contributed by atoms with Crippen LogP contribution in [0.4, 0.5) is 0 Å². The Morgan fingerprint density at radius 2 is 2.16 bits per heavy atom. The number of carbonyl (C=O) groups is 1. The molecule has 1 atom stereocenters. The Morgan fingerprint density at radius 3 is 2.80 bits per heavy atom. The Hall–Kier alpha value is -1.46. The summed E-state index contributed by atoms with van der Waals surface area (Å²) >= 11 is 0. The van der Waals surface area contributed by atoms with Crippen LogP contribution in [0.15, 0.2) is 12.1 Å². The number of pyridine rings is 1. The lowest BCUT2D eigenvalue weighted by molar-refractivity contribution is -0.123. The van der Waals surface area contributed by atoms with Crippen LogP contribution in [0.1, 0.15) is 70.0 Å². The molecule has 25 heavy (non-hydrogen) atoms. The SMILES string of the molecule is Cc1cc(CCC(=O)NC(C)(C)CO)cc([C@@H]2CCCN2C(C)C)n1. The third-order valence-corrected chi connectivity index (χ3v) is 4.85. The Balaban J connectivity index is 2.05. The molecule has 0 bridgehead atoms. The number of aryl methyl sites for hydroxylation is 2. The van der Waals surface area contributed by atoms with Gasteiger partial charge in [0.15, 0.2) is 0 Å². The van der Waals surface area contributed by atoms with Crippen molar-refractivity contribution < 1.29 is 9.90 Å². The van der Waals surface area contributed by atoms with Gasteiger partial charge in [0.25, 0.3) is 0 Å². The first-order valence-electron chi connectivity index (χ1n) is 9.37. The lowest BCUT2D eigenvalue weighted by Crippen LogP contribution is -2.46. The molecule has 0 saturated carbocycles. The topological polar surface area (TPSA) is 65.5 Å². The van der Waals surface area contributed by atoms with Crippen LogP contribution in [0.5, 0.6) is 0 Å². The zero-order valence-corrected chi connectivity index (χ0v) is 16.3.